The zero-order chi connectivity index (χ0) is 11.5. The van der Waals surface area contributed by atoms with Gasteiger partial charge in [-0.05, 0) is 17.5 Å². The van der Waals surface area contributed by atoms with Crippen molar-refractivity contribution in [2.45, 2.75) is 25.4 Å². The highest BCUT2D eigenvalue weighted by Crippen LogP contribution is 2.23. The molecule has 0 saturated carbocycles. The van der Waals surface area contributed by atoms with Gasteiger partial charge in [-0.25, -0.2) is 8.78 Å². The molecule has 0 fully saturated rings. The molecule has 0 spiro atoms. The molecule has 1 aromatic carbocycles. The van der Waals surface area contributed by atoms with E-state index in [4.69, 9.17) is 5.73 Å². The van der Waals surface area contributed by atoms with Crippen LogP contribution in [0.3, 0.4) is 0 Å². The highest BCUT2D eigenvalue weighted by molar-refractivity contribution is 5.30. The van der Waals surface area contributed by atoms with Crippen molar-refractivity contribution in [2.24, 2.45) is 5.73 Å². The minimum Gasteiger partial charge on any atom is -0.329 e. The van der Waals surface area contributed by atoms with E-state index in [9.17, 15) is 8.78 Å². The van der Waals surface area contributed by atoms with Gasteiger partial charge in [0.05, 0.1) is 6.54 Å². The van der Waals surface area contributed by atoms with E-state index in [-0.39, 0.29) is 12.6 Å². The molecule has 2 rings (SSSR count). The fourth-order valence-corrected chi connectivity index (χ4v) is 2.27. The lowest BCUT2D eigenvalue weighted by atomic mass is 9.94. The highest BCUT2D eigenvalue weighted by Gasteiger charge is 2.26. The van der Waals surface area contributed by atoms with Gasteiger partial charge in [0.1, 0.15) is 0 Å². The molecule has 4 heteroatoms. The molecule has 88 valence electrons. The lowest BCUT2D eigenvalue weighted by Gasteiger charge is -2.36. The van der Waals surface area contributed by atoms with E-state index < -0.39 is 6.43 Å². The van der Waals surface area contributed by atoms with Crippen molar-refractivity contribution in [1.82, 2.24) is 4.90 Å². The molecule has 2 N–H and O–H groups in total. The van der Waals surface area contributed by atoms with E-state index in [0.717, 1.165) is 12.0 Å². The monoisotopic (exact) mass is 226 g/mol. The summed E-state index contributed by atoms with van der Waals surface area (Å²) in [6.07, 6.45) is -1.52. The summed E-state index contributed by atoms with van der Waals surface area (Å²) in [5, 5.41) is 0. The van der Waals surface area contributed by atoms with Crippen LogP contribution >= 0.6 is 0 Å². The van der Waals surface area contributed by atoms with Gasteiger partial charge in [-0.1, -0.05) is 24.3 Å². The van der Waals surface area contributed by atoms with Crippen LogP contribution in [0.4, 0.5) is 8.78 Å². The van der Waals surface area contributed by atoms with E-state index in [1.165, 1.54) is 5.56 Å². The molecule has 0 aromatic heterocycles. The molecular formula is C12H16F2N2. The van der Waals surface area contributed by atoms with Gasteiger partial charge < -0.3 is 5.73 Å². The Morgan fingerprint density at radius 1 is 1.31 bits per heavy atom. The molecule has 0 bridgehead atoms. The zero-order valence-corrected chi connectivity index (χ0v) is 9.07. The predicted octanol–water partition coefficient (Wildman–Crippen LogP) is 1.64. The molecule has 1 heterocycles. The minimum atomic E-state index is -2.29. The number of benzene rings is 1. The average Bonchev–Trinajstić information content (AvgIpc) is 2.27. The lowest BCUT2D eigenvalue weighted by molar-refractivity contribution is 0.0577. The van der Waals surface area contributed by atoms with Crippen molar-refractivity contribution >= 4 is 0 Å². The first-order valence-corrected chi connectivity index (χ1v) is 5.49. The molecule has 1 atom stereocenters. The maximum Gasteiger partial charge on any atom is 0.251 e. The van der Waals surface area contributed by atoms with Crippen LogP contribution in [0.15, 0.2) is 24.3 Å². The smallest absolute Gasteiger partial charge is 0.251 e. The summed E-state index contributed by atoms with van der Waals surface area (Å²) in [5.74, 6) is 0. The SMILES string of the molecule is NCC1Cc2ccccc2CN1CC(F)F. The largest absolute Gasteiger partial charge is 0.329 e. The molecule has 16 heavy (non-hydrogen) atoms. The first-order chi connectivity index (χ1) is 7.70. The van der Waals surface area contributed by atoms with E-state index in [1.54, 1.807) is 4.90 Å². The van der Waals surface area contributed by atoms with Crippen molar-refractivity contribution in [3.05, 3.63) is 35.4 Å². The van der Waals surface area contributed by atoms with E-state index >= 15 is 0 Å². The number of rotatable bonds is 3. The van der Waals surface area contributed by atoms with Crippen LogP contribution in [0.25, 0.3) is 0 Å². The van der Waals surface area contributed by atoms with Gasteiger partial charge in [0.2, 0.25) is 0 Å². The summed E-state index contributed by atoms with van der Waals surface area (Å²) in [7, 11) is 0. The zero-order valence-electron chi connectivity index (χ0n) is 9.07. The summed E-state index contributed by atoms with van der Waals surface area (Å²) in [6.45, 7) is 0.833. The Balaban J connectivity index is 2.17. The summed E-state index contributed by atoms with van der Waals surface area (Å²) < 4.78 is 24.8. The minimum absolute atomic E-state index is 0.0453. The van der Waals surface area contributed by atoms with E-state index in [1.807, 2.05) is 18.2 Å². The quantitative estimate of drug-likeness (QED) is 0.849. The maximum absolute atomic E-state index is 12.4. The van der Waals surface area contributed by atoms with Crippen molar-refractivity contribution in [3.63, 3.8) is 0 Å². The third-order valence-corrected chi connectivity index (χ3v) is 3.11. The molecule has 0 saturated heterocycles. The van der Waals surface area contributed by atoms with Crippen LogP contribution in [-0.4, -0.2) is 30.5 Å². The molecule has 0 radical (unpaired) electrons. The van der Waals surface area contributed by atoms with Gasteiger partial charge in [-0.2, -0.15) is 0 Å². The van der Waals surface area contributed by atoms with Crippen LogP contribution in [0.2, 0.25) is 0 Å². The number of nitrogens with zero attached hydrogens (tertiary/aromatic N) is 1. The van der Waals surface area contributed by atoms with E-state index in [0.29, 0.717) is 13.1 Å². The molecule has 0 aliphatic carbocycles. The maximum atomic E-state index is 12.4. The van der Waals surface area contributed by atoms with Gasteiger partial charge in [-0.15, -0.1) is 0 Å². The number of hydrogen-bond acceptors (Lipinski definition) is 2. The predicted molar refractivity (Wildman–Crippen MR) is 59.4 cm³/mol. The molecular weight excluding hydrogens is 210 g/mol. The van der Waals surface area contributed by atoms with Gasteiger partial charge in [0.25, 0.3) is 6.43 Å². The third kappa shape index (κ3) is 2.39. The highest BCUT2D eigenvalue weighted by atomic mass is 19.3. The van der Waals surface area contributed by atoms with Gasteiger partial charge in [0, 0.05) is 19.1 Å². The van der Waals surface area contributed by atoms with Crippen LogP contribution in [0.5, 0.6) is 0 Å². The van der Waals surface area contributed by atoms with E-state index in [2.05, 4.69) is 6.07 Å². The van der Waals surface area contributed by atoms with Crippen LogP contribution in [0.1, 0.15) is 11.1 Å². The number of halogens is 2. The summed E-state index contributed by atoms with van der Waals surface area (Å²) in [6, 6.07) is 8.03. The van der Waals surface area contributed by atoms with Crippen LogP contribution in [-0.2, 0) is 13.0 Å². The first kappa shape index (κ1) is 11.5. The van der Waals surface area contributed by atoms with Crippen molar-refractivity contribution in [3.8, 4) is 0 Å². The molecule has 1 aromatic rings. The second kappa shape index (κ2) is 4.89. The molecule has 1 aliphatic heterocycles. The fourth-order valence-electron chi connectivity index (χ4n) is 2.27. The summed E-state index contributed by atoms with van der Waals surface area (Å²) >= 11 is 0. The Morgan fingerprint density at radius 2 is 2.00 bits per heavy atom. The second-order valence-electron chi connectivity index (χ2n) is 4.18. The third-order valence-electron chi connectivity index (χ3n) is 3.11. The number of hydrogen-bond donors (Lipinski definition) is 1. The normalized spacial score (nSPS) is 21.1. The molecule has 2 nitrogen and oxygen atoms in total. The number of alkyl halides is 2. The fraction of sp³-hybridized carbons (Fsp3) is 0.500. The average molecular weight is 226 g/mol. The van der Waals surface area contributed by atoms with Crippen LogP contribution < -0.4 is 5.73 Å². The molecule has 0 amide bonds. The Hall–Kier alpha value is -1.00. The summed E-state index contributed by atoms with van der Waals surface area (Å²) in [4.78, 5) is 1.78. The topological polar surface area (TPSA) is 29.3 Å². The Kier molecular flexibility index (Phi) is 3.51. The molecule has 1 aliphatic rings. The Bertz CT molecular complexity index is 355. The second-order valence-corrected chi connectivity index (χ2v) is 4.18. The molecule has 1 unspecified atom stereocenters. The number of nitrogens with two attached hydrogens (primary N) is 1. The van der Waals surface area contributed by atoms with Crippen molar-refractivity contribution in [2.75, 3.05) is 13.1 Å². The van der Waals surface area contributed by atoms with Gasteiger partial charge >= 0.3 is 0 Å². The Labute approximate surface area is 94.0 Å². The first-order valence-electron chi connectivity index (χ1n) is 5.49. The van der Waals surface area contributed by atoms with Crippen molar-refractivity contribution in [1.29, 1.82) is 0 Å². The standard InChI is InChI=1S/C12H16F2N2/c13-12(14)8-16-7-10-4-2-1-3-9(10)5-11(16)6-15/h1-4,11-12H,5-8,15H2. The van der Waals surface area contributed by atoms with Crippen LogP contribution in [0, 0.1) is 0 Å². The van der Waals surface area contributed by atoms with Crippen molar-refractivity contribution < 1.29 is 8.78 Å². The Morgan fingerprint density at radius 3 is 2.62 bits per heavy atom. The number of fused-ring (bicyclic) bond motifs is 1. The lowest BCUT2D eigenvalue weighted by Crippen LogP contribution is -2.46. The van der Waals surface area contributed by atoms with Gasteiger partial charge in [-0.3, -0.25) is 4.90 Å². The van der Waals surface area contributed by atoms with Gasteiger partial charge in [0.15, 0.2) is 0 Å². The summed E-state index contributed by atoms with van der Waals surface area (Å²) in [5.41, 5.74) is 8.03.